The minimum absolute atomic E-state index is 0. The molecule has 152 valence electrons. The van der Waals surface area contributed by atoms with Crippen molar-refractivity contribution in [1.82, 2.24) is 15.0 Å². The second-order valence-electron chi connectivity index (χ2n) is 5.47. The number of hydrogen-bond acceptors (Lipinski definition) is 11. The van der Waals surface area contributed by atoms with Crippen molar-refractivity contribution in [3.8, 4) is 0 Å². The van der Waals surface area contributed by atoms with Crippen LogP contribution in [0.1, 0.15) is 0 Å². The number of benzene rings is 2. The van der Waals surface area contributed by atoms with Crippen LogP contribution < -0.4 is 69.7 Å². The van der Waals surface area contributed by atoms with Crippen molar-refractivity contribution in [2.45, 2.75) is 9.79 Å². The van der Waals surface area contributed by atoms with E-state index in [0.29, 0.717) is 0 Å². The van der Waals surface area contributed by atoms with Gasteiger partial charge in [-0.05, 0) is 48.0 Å². The average molecular weight is 502 g/mol. The summed E-state index contributed by atoms with van der Waals surface area (Å²) in [5, 5.41) is 5.14. The van der Waals surface area contributed by atoms with E-state index in [0.717, 1.165) is 24.3 Å². The first kappa shape index (κ1) is 28.2. The molecule has 0 saturated heterocycles. The van der Waals surface area contributed by atoms with Gasteiger partial charge >= 0.3 is 59.1 Å². The van der Waals surface area contributed by atoms with Gasteiger partial charge in [0.15, 0.2) is 0 Å². The summed E-state index contributed by atoms with van der Waals surface area (Å²) in [6.45, 7) is 0. The number of anilines is 4. The molecule has 0 atom stereocenters. The largest absolute Gasteiger partial charge is 1.00 e. The molecule has 0 aliphatic rings. The summed E-state index contributed by atoms with van der Waals surface area (Å²) in [5.41, 5.74) is 0.407. The van der Waals surface area contributed by atoms with Gasteiger partial charge in [0.25, 0.3) is 0 Å². The summed E-state index contributed by atoms with van der Waals surface area (Å²) in [6, 6.07) is 10.1. The first-order chi connectivity index (χ1) is 13.5. The predicted molar refractivity (Wildman–Crippen MR) is 100 cm³/mol. The van der Waals surface area contributed by atoms with E-state index in [1.807, 2.05) is 0 Å². The summed E-state index contributed by atoms with van der Waals surface area (Å²) >= 11 is 5.86. The van der Waals surface area contributed by atoms with Gasteiger partial charge in [0.2, 0.25) is 17.2 Å². The van der Waals surface area contributed by atoms with Crippen LogP contribution in [0.4, 0.5) is 23.3 Å². The van der Waals surface area contributed by atoms with Crippen LogP contribution in [0, 0.1) is 0 Å². The molecule has 0 radical (unpaired) electrons. The zero-order valence-electron chi connectivity index (χ0n) is 16.1. The van der Waals surface area contributed by atoms with E-state index in [-0.39, 0.29) is 87.7 Å². The maximum absolute atomic E-state index is 11.1. The minimum atomic E-state index is -4.65. The number of nitrogens with zero attached hydrogens (tertiary/aromatic N) is 3. The predicted octanol–water partition coefficient (Wildman–Crippen LogP) is -4.17. The molecule has 16 heteroatoms. The molecule has 3 rings (SSSR count). The second kappa shape index (κ2) is 11.3. The van der Waals surface area contributed by atoms with Crippen LogP contribution in [0.25, 0.3) is 0 Å². The van der Waals surface area contributed by atoms with E-state index in [4.69, 9.17) is 11.6 Å². The molecule has 0 aliphatic carbocycles. The Bertz CT molecular complexity index is 1200. The molecule has 3 aromatic rings. The van der Waals surface area contributed by atoms with Gasteiger partial charge in [-0.2, -0.15) is 15.0 Å². The van der Waals surface area contributed by atoms with E-state index in [2.05, 4.69) is 25.6 Å². The van der Waals surface area contributed by atoms with Crippen LogP contribution in [-0.4, -0.2) is 40.9 Å². The second-order valence-corrected chi connectivity index (χ2v) is 8.56. The average Bonchev–Trinajstić information content (AvgIpc) is 2.60. The normalized spacial score (nSPS) is 11.1. The summed E-state index contributed by atoms with van der Waals surface area (Å²) in [6.07, 6.45) is 0. The van der Waals surface area contributed by atoms with Gasteiger partial charge in [-0.3, -0.25) is 0 Å². The van der Waals surface area contributed by atoms with Crippen molar-refractivity contribution in [2.75, 3.05) is 10.6 Å². The topological polar surface area (TPSA) is 177 Å². The molecule has 0 fully saturated rings. The number of rotatable bonds is 6. The van der Waals surface area contributed by atoms with E-state index >= 15 is 0 Å². The van der Waals surface area contributed by atoms with E-state index in [1.165, 1.54) is 24.3 Å². The SMILES string of the molecule is O=S(=O)([O-])c1cccc(Nc2nc(Cl)nc(Nc3cccc(S(=O)(=O)[O-])c3)n2)c1.[Na+].[Na+]. The van der Waals surface area contributed by atoms with Crippen molar-refractivity contribution < 1.29 is 85.1 Å². The summed E-state index contributed by atoms with van der Waals surface area (Å²) in [5.74, 6) is -0.166. The molecule has 0 spiro atoms. The Kier molecular flexibility index (Phi) is 10.3. The van der Waals surface area contributed by atoms with Crippen LogP contribution in [0.5, 0.6) is 0 Å². The molecule has 0 saturated carbocycles. The first-order valence-corrected chi connectivity index (χ1v) is 10.8. The summed E-state index contributed by atoms with van der Waals surface area (Å²) in [7, 11) is -9.29. The van der Waals surface area contributed by atoms with Gasteiger partial charge in [0.05, 0.1) is 9.79 Å². The van der Waals surface area contributed by atoms with Crippen molar-refractivity contribution in [3.63, 3.8) is 0 Å². The van der Waals surface area contributed by atoms with E-state index in [9.17, 15) is 25.9 Å². The Hall–Kier alpha value is -0.840. The third-order valence-corrected chi connectivity index (χ3v) is 5.20. The molecule has 1 aromatic heterocycles. The molecule has 0 aliphatic heterocycles. The molecular weight excluding hydrogens is 492 g/mol. The van der Waals surface area contributed by atoms with Gasteiger partial charge < -0.3 is 19.7 Å². The third kappa shape index (κ3) is 8.22. The number of aromatic nitrogens is 3. The van der Waals surface area contributed by atoms with Crippen molar-refractivity contribution in [2.24, 2.45) is 0 Å². The summed E-state index contributed by atoms with van der Waals surface area (Å²) < 4.78 is 66.8. The number of nitrogens with one attached hydrogen (secondary N) is 2. The quantitative estimate of drug-likeness (QED) is 0.247. The van der Waals surface area contributed by atoms with Crippen molar-refractivity contribution in [3.05, 3.63) is 53.8 Å². The van der Waals surface area contributed by atoms with Gasteiger partial charge in [-0.25, -0.2) is 16.8 Å². The van der Waals surface area contributed by atoms with Gasteiger partial charge in [-0.15, -0.1) is 0 Å². The summed E-state index contributed by atoms with van der Waals surface area (Å²) in [4.78, 5) is 10.8. The Morgan fingerprint density at radius 3 is 1.45 bits per heavy atom. The molecule has 11 nitrogen and oxygen atoms in total. The van der Waals surface area contributed by atoms with Gasteiger partial charge in [0, 0.05) is 11.4 Å². The fourth-order valence-corrected chi connectivity index (χ4v) is 3.37. The van der Waals surface area contributed by atoms with Crippen molar-refractivity contribution in [1.29, 1.82) is 0 Å². The van der Waals surface area contributed by atoms with Crippen molar-refractivity contribution >= 4 is 55.1 Å². The van der Waals surface area contributed by atoms with Gasteiger partial charge in [0.1, 0.15) is 20.2 Å². The molecule has 0 unspecified atom stereocenters. The molecule has 31 heavy (non-hydrogen) atoms. The molecule has 1 heterocycles. The van der Waals surface area contributed by atoms with Crippen LogP contribution in [0.2, 0.25) is 5.28 Å². The molecule has 2 aromatic carbocycles. The van der Waals surface area contributed by atoms with Gasteiger partial charge in [-0.1, -0.05) is 12.1 Å². The van der Waals surface area contributed by atoms with Crippen LogP contribution in [-0.2, 0) is 20.2 Å². The third-order valence-electron chi connectivity index (χ3n) is 3.37. The van der Waals surface area contributed by atoms with Crippen LogP contribution in [0.3, 0.4) is 0 Å². The zero-order valence-corrected chi connectivity index (χ0v) is 22.5. The number of halogens is 1. The maximum atomic E-state index is 11.1. The standard InChI is InChI=1S/C15H12ClN5O6S2.2Na/c16-13-19-14(17-9-3-1-5-11(7-9)28(22,23)24)21-15(20-13)18-10-4-2-6-12(8-10)29(25,26)27;;/h1-8H,(H,22,23,24)(H,25,26,27)(H2,17,18,19,20,21);;/q;2*+1/p-2. The van der Waals surface area contributed by atoms with E-state index in [1.54, 1.807) is 0 Å². The Morgan fingerprint density at radius 1 is 0.710 bits per heavy atom. The maximum Gasteiger partial charge on any atom is 1.00 e. The van der Waals surface area contributed by atoms with Crippen LogP contribution >= 0.6 is 11.6 Å². The fourth-order valence-electron chi connectivity index (χ4n) is 2.18. The molecule has 0 amide bonds. The first-order valence-electron chi connectivity index (χ1n) is 7.58. The molecule has 0 bridgehead atoms. The van der Waals surface area contributed by atoms with Crippen LogP contribution in [0.15, 0.2) is 58.3 Å². The number of hydrogen-bond donors (Lipinski definition) is 2. The minimum Gasteiger partial charge on any atom is -0.744 e. The Labute approximate surface area is 227 Å². The molecule has 2 N–H and O–H groups in total. The van der Waals surface area contributed by atoms with E-state index < -0.39 is 30.0 Å². The fraction of sp³-hybridized carbons (Fsp3) is 0. The Morgan fingerprint density at radius 2 is 1.10 bits per heavy atom. The Balaban J connectivity index is 0.00000240. The molecular formula is C15H10ClN5Na2O6S2. The zero-order chi connectivity index (χ0) is 21.2. The monoisotopic (exact) mass is 501 g/mol. The smallest absolute Gasteiger partial charge is 0.744 e.